The van der Waals surface area contributed by atoms with Crippen molar-refractivity contribution in [2.45, 2.75) is 47.1 Å². The van der Waals surface area contributed by atoms with Gasteiger partial charge in [-0.25, -0.2) is 15.0 Å². The van der Waals surface area contributed by atoms with Crippen molar-refractivity contribution < 1.29 is 0 Å². The number of hydrogen-bond acceptors (Lipinski definition) is 13. The Morgan fingerprint density at radius 2 is 1.62 bits per heavy atom. The Labute approximate surface area is 461 Å². The van der Waals surface area contributed by atoms with E-state index in [0.717, 1.165) is 126 Å². The molecule has 14 nitrogen and oxygen atoms in total. The summed E-state index contributed by atoms with van der Waals surface area (Å²) in [6, 6.07) is 28.8. The number of aromatic nitrogens is 11. The third-order valence-electron chi connectivity index (χ3n) is 13.4. The monoisotopic (exact) mass is 1060 g/mol. The molecule has 1 aliphatic rings. The van der Waals surface area contributed by atoms with Crippen LogP contribution in [0.2, 0.25) is 0 Å². The van der Waals surface area contributed by atoms with Gasteiger partial charge in [0, 0.05) is 103 Å². The topological polar surface area (TPSA) is 192 Å². The van der Waals surface area contributed by atoms with Gasteiger partial charge in [-0.1, -0.05) is 62.6 Å². The van der Waals surface area contributed by atoms with Gasteiger partial charge in [0.1, 0.15) is 11.5 Å². The van der Waals surface area contributed by atoms with Gasteiger partial charge in [0.2, 0.25) is 0 Å². The largest absolute Gasteiger partial charge is 0.397 e. The van der Waals surface area contributed by atoms with Crippen LogP contribution in [0.1, 0.15) is 61.9 Å². The number of nitrogens with two attached hydrogens (primary N) is 1. The van der Waals surface area contributed by atoms with Crippen molar-refractivity contribution in [2.24, 2.45) is 5.92 Å². The number of aromatic amines is 3. The molecule has 11 aromatic rings. The molecule has 1 atom stereocenters. The molecule has 6 N–H and O–H groups in total. The Balaban J connectivity index is 0.000000171. The van der Waals surface area contributed by atoms with Crippen molar-refractivity contribution in [2.75, 3.05) is 24.1 Å². The molecule has 0 saturated carbocycles. The zero-order valence-corrected chi connectivity index (χ0v) is 45.5. The van der Waals surface area contributed by atoms with Gasteiger partial charge < -0.3 is 21.0 Å². The molecule has 1 aromatic carbocycles. The summed E-state index contributed by atoms with van der Waals surface area (Å²) in [4.78, 5) is 46.8. The Morgan fingerprint density at radius 3 is 2.37 bits per heavy atom. The number of aryl methyl sites for hydroxylation is 3. The fraction of sp³-hybridized carbons (Fsp3) is 0.161. The van der Waals surface area contributed by atoms with Gasteiger partial charge in [-0.2, -0.15) is 5.10 Å². The first kappa shape index (κ1) is 52.3. The highest BCUT2D eigenvalue weighted by molar-refractivity contribution is 7.15. The molecule has 10 aromatic heterocycles. The van der Waals surface area contributed by atoms with Crippen molar-refractivity contribution in [3.8, 4) is 57.3 Å². The highest BCUT2D eigenvalue weighted by Gasteiger charge is 2.21. The van der Waals surface area contributed by atoms with E-state index in [2.05, 4.69) is 133 Å². The summed E-state index contributed by atoms with van der Waals surface area (Å²) in [5, 5.41) is 12.0. The van der Waals surface area contributed by atoms with Crippen LogP contribution in [-0.2, 0) is 13.0 Å². The Bertz CT molecular complexity index is 3980. The maximum absolute atomic E-state index is 6.36. The van der Waals surface area contributed by atoms with Crippen LogP contribution in [0.4, 0.5) is 11.4 Å². The van der Waals surface area contributed by atoms with E-state index in [-0.39, 0.29) is 0 Å². The van der Waals surface area contributed by atoms with E-state index in [4.69, 9.17) is 20.7 Å². The normalized spacial score (nSPS) is 13.5. The fourth-order valence-corrected chi connectivity index (χ4v) is 11.4. The number of likely N-dealkylation sites (tertiary alicyclic amines) is 1. The molecule has 0 spiro atoms. The number of allylic oxidation sites excluding steroid dienone is 2. The van der Waals surface area contributed by atoms with Crippen molar-refractivity contribution in [3.05, 3.63) is 202 Å². The summed E-state index contributed by atoms with van der Waals surface area (Å²) < 4.78 is 0. The summed E-state index contributed by atoms with van der Waals surface area (Å²) in [7, 11) is 0. The van der Waals surface area contributed by atoms with Crippen LogP contribution in [0.5, 0.6) is 0 Å². The van der Waals surface area contributed by atoms with E-state index in [1.807, 2.05) is 86.3 Å². The number of benzene rings is 1. The van der Waals surface area contributed by atoms with Gasteiger partial charge in [-0.05, 0) is 111 Å². The lowest BCUT2D eigenvalue weighted by atomic mass is 10.1. The molecule has 0 aliphatic carbocycles. The van der Waals surface area contributed by atoms with Crippen LogP contribution >= 0.6 is 22.7 Å². The van der Waals surface area contributed by atoms with Crippen LogP contribution in [0, 0.1) is 39.5 Å². The number of hydrogen-bond donors (Lipinski definition) is 5. The number of anilines is 2. The molecule has 12 rings (SSSR count). The van der Waals surface area contributed by atoms with E-state index in [0.29, 0.717) is 23.6 Å². The molecule has 78 heavy (non-hydrogen) atoms. The van der Waals surface area contributed by atoms with Gasteiger partial charge in [-0.15, -0.1) is 35.5 Å². The molecule has 16 heteroatoms. The molecule has 0 amide bonds. The lowest BCUT2D eigenvalue weighted by Crippen LogP contribution is -2.19. The molecule has 1 aliphatic heterocycles. The number of pyridine rings is 5. The summed E-state index contributed by atoms with van der Waals surface area (Å²) in [6.45, 7) is 19.8. The molecule has 1 saturated heterocycles. The van der Waals surface area contributed by atoms with E-state index >= 15 is 0 Å². The second kappa shape index (κ2) is 23.4. The SMILES string of the molecule is C#C.C=C/C=C(/c1ccc(C)s1)c1nc(Cc2cc(-c3cncc(NC(=C)c4ccccc4)c3)ncc2N)[nH]c1C.Cc1ccc(-c2ccnc3nc(-c4n[nH]c5cnc(-c6cncc(CN7CCC(C)C7)c6)cc45)[nH]c23)s1. The minimum atomic E-state index is 0.545. The zero-order chi connectivity index (χ0) is 54.3. The summed E-state index contributed by atoms with van der Waals surface area (Å²) in [5.74, 6) is 2.28. The van der Waals surface area contributed by atoms with Crippen LogP contribution < -0.4 is 11.1 Å². The maximum Gasteiger partial charge on any atom is 0.178 e. The van der Waals surface area contributed by atoms with Gasteiger partial charge in [0.05, 0.1) is 58.1 Å². The molecular formula is C62H58N14S2. The first-order valence-corrected chi connectivity index (χ1v) is 27.1. The Kier molecular flexibility index (Phi) is 15.7. The third kappa shape index (κ3) is 11.6. The molecular weight excluding hydrogens is 1000 g/mol. The number of thiophene rings is 2. The van der Waals surface area contributed by atoms with E-state index in [1.54, 1.807) is 47.3 Å². The fourth-order valence-electron chi connectivity index (χ4n) is 9.58. The number of terminal acetylenes is 1. The molecule has 0 bridgehead atoms. The number of fused-ring (bicyclic) bond motifs is 2. The van der Waals surface area contributed by atoms with E-state index < -0.39 is 0 Å². The minimum Gasteiger partial charge on any atom is -0.397 e. The number of rotatable bonds is 14. The number of nitrogen functional groups attached to an aromatic ring is 1. The van der Waals surface area contributed by atoms with Crippen LogP contribution in [-0.4, -0.2) is 73.0 Å². The highest BCUT2D eigenvalue weighted by atomic mass is 32.1. The standard InChI is InChI=1S/C32H30N6S.C28H26N8S.C2H2/c1-5-9-27(30-13-12-20(2)39-30)32-22(4)37-31(38-32)16-24-15-29(35-19-28(24)33)25-14-26(18-34-17-25)36-21(3)23-10-7-6-8-11-23;1-16-6-8-36(14-16)15-18-9-19(12-29-11-18)22-10-21-23(13-31-22)34-35-26(21)28-32-25-20(5-7-30-27(25)33-28)24-4-3-17(2)37-24;1-2/h5-15,17-19,36H,1,3,16,33H2,2,4H3,(H,37,38);3-5,7,9-13,16H,6,8,14-15H2,1-2H3,(H,34,35)(H,30,32,33);1-2H/b27-9-;;. The third-order valence-corrected chi connectivity index (χ3v) is 15.5. The number of nitrogens with one attached hydrogen (secondary N) is 4. The van der Waals surface area contributed by atoms with Crippen molar-refractivity contribution >= 4 is 67.4 Å². The molecule has 1 unspecified atom stereocenters. The summed E-state index contributed by atoms with van der Waals surface area (Å²) in [6.07, 6.45) is 26.4. The molecule has 11 heterocycles. The minimum absolute atomic E-state index is 0.545. The Morgan fingerprint density at radius 1 is 0.846 bits per heavy atom. The smallest absolute Gasteiger partial charge is 0.178 e. The maximum atomic E-state index is 6.36. The van der Waals surface area contributed by atoms with Crippen LogP contribution in [0.15, 0.2) is 154 Å². The summed E-state index contributed by atoms with van der Waals surface area (Å²) in [5.41, 5.74) is 22.6. The highest BCUT2D eigenvalue weighted by Crippen LogP contribution is 2.36. The average molecular weight is 1060 g/mol. The van der Waals surface area contributed by atoms with Gasteiger partial charge in [0.25, 0.3) is 0 Å². The first-order chi connectivity index (χ1) is 38.0. The quantitative estimate of drug-likeness (QED) is 0.0514. The van der Waals surface area contributed by atoms with E-state index in [9.17, 15) is 0 Å². The lowest BCUT2D eigenvalue weighted by Gasteiger charge is -2.15. The van der Waals surface area contributed by atoms with Crippen molar-refractivity contribution in [1.82, 2.24) is 60.0 Å². The number of imidazole rings is 2. The summed E-state index contributed by atoms with van der Waals surface area (Å²) >= 11 is 3.50. The first-order valence-electron chi connectivity index (χ1n) is 25.4. The number of nitrogens with zero attached hydrogens (tertiary/aromatic N) is 9. The van der Waals surface area contributed by atoms with Gasteiger partial charge >= 0.3 is 0 Å². The zero-order valence-electron chi connectivity index (χ0n) is 43.9. The molecule has 388 valence electrons. The average Bonchev–Trinajstić information content (AvgIpc) is 4.41. The van der Waals surface area contributed by atoms with E-state index in [1.165, 1.54) is 26.6 Å². The number of H-pyrrole nitrogens is 3. The van der Waals surface area contributed by atoms with Crippen molar-refractivity contribution in [1.29, 1.82) is 0 Å². The molecule has 1 fully saturated rings. The van der Waals surface area contributed by atoms with Crippen LogP contribution in [0.3, 0.4) is 0 Å². The van der Waals surface area contributed by atoms with Crippen LogP contribution in [0.25, 0.3) is 77.8 Å². The molecule has 0 radical (unpaired) electrons. The van der Waals surface area contributed by atoms with Gasteiger partial charge in [0.15, 0.2) is 11.5 Å². The Hall–Kier alpha value is -9.14. The second-order valence-electron chi connectivity index (χ2n) is 19.2. The predicted octanol–water partition coefficient (Wildman–Crippen LogP) is 13.5. The predicted molar refractivity (Wildman–Crippen MR) is 320 cm³/mol. The van der Waals surface area contributed by atoms with Crippen molar-refractivity contribution in [3.63, 3.8) is 0 Å². The second-order valence-corrected chi connectivity index (χ2v) is 21.8. The van der Waals surface area contributed by atoms with Gasteiger partial charge in [-0.3, -0.25) is 29.9 Å². The lowest BCUT2D eigenvalue weighted by molar-refractivity contribution is 0.320.